The van der Waals surface area contributed by atoms with Crippen LogP contribution in [0.4, 0.5) is 18.9 Å². The Bertz CT molecular complexity index is 1100. The lowest BCUT2D eigenvalue weighted by Gasteiger charge is -2.21. The van der Waals surface area contributed by atoms with E-state index in [2.05, 4.69) is 10.1 Å². The highest BCUT2D eigenvalue weighted by Gasteiger charge is 2.30. The number of halogens is 3. The van der Waals surface area contributed by atoms with Gasteiger partial charge in [0.2, 0.25) is 11.7 Å². The molecule has 168 valence electrons. The van der Waals surface area contributed by atoms with Crippen LogP contribution in [0.5, 0.6) is 0 Å². The fourth-order valence-corrected chi connectivity index (χ4v) is 3.03. The van der Waals surface area contributed by atoms with Crippen molar-refractivity contribution >= 4 is 11.6 Å². The number of aromatic nitrogens is 2. The molecule has 0 N–H and O–H groups in total. The summed E-state index contributed by atoms with van der Waals surface area (Å²) in [6, 6.07) is 9.85. The van der Waals surface area contributed by atoms with Crippen molar-refractivity contribution < 1.29 is 27.4 Å². The van der Waals surface area contributed by atoms with Crippen LogP contribution < -0.4 is 0 Å². The molecule has 0 atom stereocenters. The maximum atomic E-state index is 12.8. The highest BCUT2D eigenvalue weighted by Crippen LogP contribution is 2.29. The molecule has 1 aromatic heterocycles. The molecule has 8 nitrogen and oxygen atoms in total. The number of rotatable bonds is 8. The Kier molecular flexibility index (Phi) is 6.86. The van der Waals surface area contributed by atoms with Gasteiger partial charge in [-0.1, -0.05) is 24.2 Å². The van der Waals surface area contributed by atoms with Gasteiger partial charge in [0, 0.05) is 42.8 Å². The Labute approximate surface area is 180 Å². The summed E-state index contributed by atoms with van der Waals surface area (Å²) in [6.45, 7) is 2.48. The molecule has 2 aromatic carbocycles. The monoisotopic (exact) mass is 448 g/mol. The van der Waals surface area contributed by atoms with Crippen LogP contribution in [0.15, 0.2) is 53.1 Å². The first kappa shape index (κ1) is 22.9. The Morgan fingerprint density at radius 1 is 1.16 bits per heavy atom. The maximum Gasteiger partial charge on any atom is 0.416 e. The molecule has 32 heavy (non-hydrogen) atoms. The van der Waals surface area contributed by atoms with Crippen LogP contribution in [-0.4, -0.2) is 39.0 Å². The van der Waals surface area contributed by atoms with Gasteiger partial charge in [-0.2, -0.15) is 18.2 Å². The number of nitro groups is 1. The molecule has 1 heterocycles. The van der Waals surface area contributed by atoms with Crippen molar-refractivity contribution in [2.24, 2.45) is 0 Å². The third-order valence-corrected chi connectivity index (χ3v) is 4.62. The molecule has 3 rings (SSSR count). The van der Waals surface area contributed by atoms with Crippen LogP contribution in [-0.2, 0) is 12.6 Å². The summed E-state index contributed by atoms with van der Waals surface area (Å²) in [4.78, 5) is 28.9. The van der Waals surface area contributed by atoms with E-state index in [0.29, 0.717) is 18.5 Å². The van der Waals surface area contributed by atoms with Gasteiger partial charge in [-0.15, -0.1) is 0 Å². The quantitative estimate of drug-likeness (QED) is 0.364. The lowest BCUT2D eigenvalue weighted by atomic mass is 10.1. The molecule has 0 bridgehead atoms. The fraction of sp³-hybridized carbons (Fsp3) is 0.286. The van der Waals surface area contributed by atoms with Gasteiger partial charge in [-0.05, 0) is 30.7 Å². The number of hydrogen-bond donors (Lipinski definition) is 0. The second kappa shape index (κ2) is 9.58. The van der Waals surface area contributed by atoms with Crippen molar-refractivity contribution in [3.05, 3.63) is 75.7 Å². The third-order valence-electron chi connectivity index (χ3n) is 4.62. The van der Waals surface area contributed by atoms with E-state index in [9.17, 15) is 28.1 Å². The summed E-state index contributed by atoms with van der Waals surface area (Å²) in [5.41, 5.74) is -0.365. The van der Waals surface area contributed by atoms with E-state index in [1.54, 1.807) is 6.07 Å². The van der Waals surface area contributed by atoms with Crippen molar-refractivity contribution in [3.8, 4) is 11.4 Å². The molecule has 0 spiro atoms. The number of benzene rings is 2. The molecule has 11 heteroatoms. The zero-order valence-electron chi connectivity index (χ0n) is 17.0. The summed E-state index contributed by atoms with van der Waals surface area (Å²) in [6.07, 6.45) is -3.61. The van der Waals surface area contributed by atoms with E-state index in [1.165, 1.54) is 23.1 Å². The van der Waals surface area contributed by atoms with E-state index in [4.69, 9.17) is 4.52 Å². The molecule has 0 fully saturated rings. The van der Waals surface area contributed by atoms with Crippen LogP contribution in [0.3, 0.4) is 0 Å². The van der Waals surface area contributed by atoms with E-state index >= 15 is 0 Å². The van der Waals surface area contributed by atoms with Crippen LogP contribution in [0, 0.1) is 10.1 Å². The molecule has 1 amide bonds. The number of non-ortho nitro benzene ring substituents is 1. The smallest absolute Gasteiger partial charge is 0.339 e. The number of alkyl halides is 3. The van der Waals surface area contributed by atoms with Gasteiger partial charge >= 0.3 is 6.18 Å². The summed E-state index contributed by atoms with van der Waals surface area (Å²) < 4.78 is 43.4. The minimum Gasteiger partial charge on any atom is -0.339 e. The van der Waals surface area contributed by atoms with Crippen molar-refractivity contribution in [2.45, 2.75) is 25.9 Å². The van der Waals surface area contributed by atoms with Crippen molar-refractivity contribution in [1.29, 1.82) is 0 Å². The lowest BCUT2D eigenvalue weighted by Crippen LogP contribution is -2.33. The van der Waals surface area contributed by atoms with E-state index in [0.717, 1.165) is 24.3 Å². The molecule has 0 unspecified atom stereocenters. The first-order valence-corrected chi connectivity index (χ1v) is 9.73. The topological polar surface area (TPSA) is 102 Å². The molecule has 0 aliphatic heterocycles. The number of amides is 1. The van der Waals surface area contributed by atoms with Gasteiger partial charge in [0.1, 0.15) is 0 Å². The van der Waals surface area contributed by atoms with Crippen molar-refractivity contribution in [3.63, 3.8) is 0 Å². The van der Waals surface area contributed by atoms with E-state index in [1.807, 2.05) is 6.92 Å². The highest BCUT2D eigenvalue weighted by molar-refractivity contribution is 5.94. The summed E-state index contributed by atoms with van der Waals surface area (Å²) in [7, 11) is 0. The molecule has 0 radical (unpaired) electrons. The lowest BCUT2D eigenvalue weighted by molar-refractivity contribution is -0.384. The van der Waals surface area contributed by atoms with Gasteiger partial charge in [0.15, 0.2) is 0 Å². The predicted octanol–water partition coefficient (Wildman–Crippen LogP) is 4.76. The Balaban J connectivity index is 1.69. The predicted molar refractivity (Wildman–Crippen MR) is 108 cm³/mol. The van der Waals surface area contributed by atoms with Gasteiger partial charge < -0.3 is 9.42 Å². The van der Waals surface area contributed by atoms with E-state index < -0.39 is 22.6 Å². The summed E-state index contributed by atoms with van der Waals surface area (Å²) in [5, 5.41) is 14.8. The molecular weight excluding hydrogens is 429 g/mol. The second-order valence-electron chi connectivity index (χ2n) is 6.94. The van der Waals surface area contributed by atoms with Crippen LogP contribution >= 0.6 is 0 Å². The summed E-state index contributed by atoms with van der Waals surface area (Å²) in [5.74, 6) is 0.00614. The Morgan fingerprint density at radius 3 is 2.50 bits per heavy atom. The van der Waals surface area contributed by atoms with Gasteiger partial charge in [0.25, 0.3) is 11.6 Å². The fourth-order valence-electron chi connectivity index (χ4n) is 3.03. The average molecular weight is 448 g/mol. The third kappa shape index (κ3) is 5.48. The number of carbonyl (C=O) groups excluding carboxylic acids is 1. The SMILES string of the molecule is CCCN(CCc1nc(-c2cccc([N+](=O)[O-])c2)no1)C(=O)c1ccc(C(F)(F)F)cc1. The van der Waals surface area contributed by atoms with Crippen LogP contribution in [0.2, 0.25) is 0 Å². The standard InChI is InChI=1S/C21H19F3N4O4/c1-2-11-27(20(29)14-6-8-16(9-7-14)21(22,23)24)12-10-18-25-19(26-32-18)15-4-3-5-17(13-15)28(30)31/h3-9,13H,2,10-12H2,1H3. The molecular formula is C21H19F3N4O4. The minimum atomic E-state index is -4.47. The van der Waals surface area contributed by atoms with Gasteiger partial charge in [0.05, 0.1) is 10.5 Å². The van der Waals surface area contributed by atoms with Gasteiger partial charge in [-0.3, -0.25) is 14.9 Å². The first-order valence-electron chi connectivity index (χ1n) is 9.73. The highest BCUT2D eigenvalue weighted by atomic mass is 19.4. The molecule has 3 aromatic rings. The zero-order valence-corrected chi connectivity index (χ0v) is 17.0. The second-order valence-corrected chi connectivity index (χ2v) is 6.94. The molecule has 0 aliphatic carbocycles. The normalized spacial score (nSPS) is 11.4. The minimum absolute atomic E-state index is 0.106. The number of nitrogens with zero attached hydrogens (tertiary/aromatic N) is 4. The molecule has 0 saturated heterocycles. The Morgan fingerprint density at radius 2 is 1.88 bits per heavy atom. The number of carbonyl (C=O) groups is 1. The zero-order chi connectivity index (χ0) is 23.3. The molecule has 0 aliphatic rings. The molecule has 0 saturated carbocycles. The first-order chi connectivity index (χ1) is 15.2. The van der Waals surface area contributed by atoms with E-state index in [-0.39, 0.29) is 35.9 Å². The number of nitro benzene ring substituents is 1. The number of hydrogen-bond acceptors (Lipinski definition) is 6. The van der Waals surface area contributed by atoms with Crippen molar-refractivity contribution in [2.75, 3.05) is 13.1 Å². The average Bonchev–Trinajstić information content (AvgIpc) is 3.25. The van der Waals surface area contributed by atoms with Crippen LogP contribution in [0.1, 0.15) is 35.2 Å². The Hall–Kier alpha value is -3.76. The van der Waals surface area contributed by atoms with Gasteiger partial charge in [-0.25, -0.2) is 0 Å². The largest absolute Gasteiger partial charge is 0.416 e. The summed E-state index contributed by atoms with van der Waals surface area (Å²) >= 11 is 0. The maximum absolute atomic E-state index is 12.8. The van der Waals surface area contributed by atoms with Crippen LogP contribution in [0.25, 0.3) is 11.4 Å². The van der Waals surface area contributed by atoms with Crippen molar-refractivity contribution in [1.82, 2.24) is 15.0 Å².